The molecule has 0 fully saturated rings. The highest BCUT2D eigenvalue weighted by Crippen LogP contribution is 2.04. The summed E-state index contributed by atoms with van der Waals surface area (Å²) in [6, 6.07) is 14.0. The minimum atomic E-state index is 0. The molecule has 0 atom stereocenters. The summed E-state index contributed by atoms with van der Waals surface area (Å²) in [6.07, 6.45) is 2.90. The van der Waals surface area contributed by atoms with Gasteiger partial charge >= 0.3 is 0 Å². The van der Waals surface area contributed by atoms with Crippen molar-refractivity contribution in [1.29, 1.82) is 0 Å². The number of benzene rings is 1. The summed E-state index contributed by atoms with van der Waals surface area (Å²) in [6.45, 7) is 0.871. The van der Waals surface area contributed by atoms with Gasteiger partial charge < -0.3 is 5.73 Å². The number of nitrogens with zero attached hydrogens (tertiary/aromatic N) is 1. The maximum atomic E-state index is 5.87. The highest BCUT2D eigenvalue weighted by atomic mass is 79.9. The second-order valence-electron chi connectivity index (χ2n) is 3.81. The van der Waals surface area contributed by atoms with Gasteiger partial charge in [-0.1, -0.05) is 30.3 Å². The first-order valence-electron chi connectivity index (χ1n) is 5.34. The van der Waals surface area contributed by atoms with Crippen molar-refractivity contribution in [2.24, 2.45) is 0 Å². The lowest BCUT2D eigenvalue weighted by atomic mass is 10.1. The lowest BCUT2D eigenvalue weighted by molar-refractivity contribution is -0.682. The van der Waals surface area contributed by atoms with E-state index in [0.717, 1.165) is 13.0 Å². The second kappa shape index (κ2) is 6.25. The Morgan fingerprint density at radius 3 is 2.35 bits per heavy atom. The number of pyridine rings is 1. The molecule has 0 aliphatic carbocycles. The van der Waals surface area contributed by atoms with E-state index in [1.165, 1.54) is 5.56 Å². The number of anilines is 2. The Balaban J connectivity index is 0.00000144. The molecular weight excluding hydrogens is 278 g/mol. The fraction of sp³-hybridized carbons (Fsp3) is 0.154. The maximum absolute atomic E-state index is 5.87. The monoisotopic (exact) mass is 294 g/mol. The largest absolute Gasteiger partial charge is 0.398 e. The van der Waals surface area contributed by atoms with E-state index in [2.05, 4.69) is 12.1 Å². The van der Waals surface area contributed by atoms with Crippen LogP contribution in [0.3, 0.4) is 0 Å². The van der Waals surface area contributed by atoms with Gasteiger partial charge in [0.1, 0.15) is 0 Å². The van der Waals surface area contributed by atoms with Crippen molar-refractivity contribution in [2.45, 2.75) is 13.0 Å². The number of halogens is 1. The Bertz CT molecular complexity index is 471. The summed E-state index contributed by atoms with van der Waals surface area (Å²) in [5.41, 5.74) is 13.5. The zero-order chi connectivity index (χ0) is 11.4. The Morgan fingerprint density at radius 1 is 1.00 bits per heavy atom. The van der Waals surface area contributed by atoms with Crippen molar-refractivity contribution in [3.05, 3.63) is 54.2 Å². The van der Waals surface area contributed by atoms with Gasteiger partial charge in [0.2, 0.25) is 0 Å². The molecule has 2 aromatic rings. The van der Waals surface area contributed by atoms with E-state index in [1.807, 2.05) is 35.0 Å². The van der Waals surface area contributed by atoms with Crippen LogP contribution in [0, 0.1) is 0 Å². The van der Waals surface area contributed by atoms with Crippen LogP contribution in [0.15, 0.2) is 48.7 Å². The van der Waals surface area contributed by atoms with Crippen LogP contribution in [0.25, 0.3) is 0 Å². The normalized spacial score (nSPS) is 9.65. The highest BCUT2D eigenvalue weighted by molar-refractivity contribution is 8.93. The van der Waals surface area contributed by atoms with E-state index < -0.39 is 0 Å². The van der Waals surface area contributed by atoms with E-state index in [1.54, 1.807) is 6.07 Å². The van der Waals surface area contributed by atoms with Gasteiger partial charge in [0, 0.05) is 18.2 Å². The molecule has 0 unspecified atom stereocenters. The van der Waals surface area contributed by atoms with Crippen LogP contribution >= 0.6 is 17.0 Å². The molecule has 2 rings (SSSR count). The molecule has 0 saturated heterocycles. The molecule has 0 aliphatic heterocycles. The first kappa shape index (κ1) is 13.5. The molecule has 3 nitrogen and oxygen atoms in total. The third-order valence-electron chi connectivity index (χ3n) is 2.58. The first-order valence-corrected chi connectivity index (χ1v) is 5.34. The Labute approximate surface area is 112 Å². The van der Waals surface area contributed by atoms with Crippen LogP contribution in [-0.2, 0) is 13.0 Å². The predicted molar refractivity (Wildman–Crippen MR) is 75.9 cm³/mol. The molecule has 1 heterocycles. The quantitative estimate of drug-likeness (QED) is 0.851. The van der Waals surface area contributed by atoms with Crippen molar-refractivity contribution < 1.29 is 4.57 Å². The lowest BCUT2D eigenvalue weighted by Gasteiger charge is -2.04. The Hall–Kier alpha value is -1.55. The minimum Gasteiger partial charge on any atom is -0.398 e. The average Bonchev–Trinajstić information content (AvgIpc) is 2.29. The summed E-state index contributed by atoms with van der Waals surface area (Å²) in [7, 11) is 0. The SMILES string of the molecule is Br.Nc1cc[n+](CCc2ccccc2)c(N)c1. The standard InChI is InChI=1S/C13H15N3.BrH/c14-12-7-9-16(13(15)10-12)8-6-11-4-2-1-3-5-11;/h1-5,7,9-10H,6,8H2,(H3,14,15);1H/p+1. The van der Waals surface area contributed by atoms with Gasteiger partial charge in [-0.25, -0.2) is 4.57 Å². The smallest absolute Gasteiger partial charge is 0.274 e. The van der Waals surface area contributed by atoms with Gasteiger partial charge in [-0.2, -0.15) is 0 Å². The summed E-state index contributed by atoms with van der Waals surface area (Å²) < 4.78 is 2.00. The fourth-order valence-electron chi connectivity index (χ4n) is 1.66. The Morgan fingerprint density at radius 2 is 1.71 bits per heavy atom. The molecule has 0 amide bonds. The van der Waals surface area contributed by atoms with Crippen molar-refractivity contribution in [2.75, 3.05) is 11.5 Å². The van der Waals surface area contributed by atoms with Gasteiger partial charge in [0.25, 0.3) is 5.82 Å². The third kappa shape index (κ3) is 3.75. The maximum Gasteiger partial charge on any atom is 0.274 e. The topological polar surface area (TPSA) is 55.9 Å². The van der Waals surface area contributed by atoms with Crippen LogP contribution in [0.4, 0.5) is 11.5 Å². The number of nitrogen functional groups attached to an aromatic ring is 2. The van der Waals surface area contributed by atoms with E-state index in [9.17, 15) is 0 Å². The molecule has 0 radical (unpaired) electrons. The molecule has 17 heavy (non-hydrogen) atoms. The summed E-state index contributed by atoms with van der Waals surface area (Å²) in [5.74, 6) is 0.705. The van der Waals surface area contributed by atoms with Crippen molar-refractivity contribution in [3.63, 3.8) is 0 Å². The third-order valence-corrected chi connectivity index (χ3v) is 2.58. The second-order valence-corrected chi connectivity index (χ2v) is 3.81. The highest BCUT2D eigenvalue weighted by Gasteiger charge is 2.04. The molecule has 4 N–H and O–H groups in total. The summed E-state index contributed by atoms with van der Waals surface area (Å²) >= 11 is 0. The van der Waals surface area contributed by atoms with Gasteiger partial charge in [-0.3, -0.25) is 5.73 Å². The molecule has 0 aliphatic rings. The average molecular weight is 295 g/mol. The Kier molecular flexibility index (Phi) is 4.97. The number of aryl methyl sites for hydroxylation is 2. The van der Waals surface area contributed by atoms with Crippen molar-refractivity contribution in [1.82, 2.24) is 0 Å². The summed E-state index contributed by atoms with van der Waals surface area (Å²) in [4.78, 5) is 0. The molecule has 1 aromatic carbocycles. The van der Waals surface area contributed by atoms with E-state index in [4.69, 9.17) is 11.5 Å². The molecular formula is C13H17BrN3+. The molecule has 4 heteroatoms. The molecule has 1 aromatic heterocycles. The van der Waals surface area contributed by atoms with E-state index >= 15 is 0 Å². The number of hydrogen-bond acceptors (Lipinski definition) is 2. The zero-order valence-corrected chi connectivity index (χ0v) is 11.3. The predicted octanol–water partition coefficient (Wildman–Crippen LogP) is 1.96. The van der Waals surface area contributed by atoms with Gasteiger partial charge in [0.15, 0.2) is 0 Å². The fourth-order valence-corrected chi connectivity index (χ4v) is 1.66. The van der Waals surface area contributed by atoms with Crippen LogP contribution in [0.5, 0.6) is 0 Å². The van der Waals surface area contributed by atoms with E-state index in [0.29, 0.717) is 11.5 Å². The number of aromatic nitrogens is 1. The van der Waals surface area contributed by atoms with Gasteiger partial charge in [-0.05, 0) is 5.56 Å². The van der Waals surface area contributed by atoms with Crippen LogP contribution < -0.4 is 16.0 Å². The minimum absolute atomic E-state index is 0. The van der Waals surface area contributed by atoms with Crippen LogP contribution in [-0.4, -0.2) is 0 Å². The first-order chi connectivity index (χ1) is 7.75. The number of nitrogens with two attached hydrogens (primary N) is 2. The van der Waals surface area contributed by atoms with Crippen LogP contribution in [0.2, 0.25) is 0 Å². The van der Waals surface area contributed by atoms with Crippen molar-refractivity contribution >= 4 is 28.5 Å². The van der Waals surface area contributed by atoms with Crippen molar-refractivity contribution in [3.8, 4) is 0 Å². The van der Waals surface area contributed by atoms with Gasteiger partial charge in [-0.15, -0.1) is 17.0 Å². The molecule has 0 bridgehead atoms. The van der Waals surface area contributed by atoms with E-state index in [-0.39, 0.29) is 17.0 Å². The number of rotatable bonds is 3. The van der Waals surface area contributed by atoms with Crippen LogP contribution in [0.1, 0.15) is 5.56 Å². The van der Waals surface area contributed by atoms with Gasteiger partial charge in [0.05, 0.1) is 18.8 Å². The molecule has 0 spiro atoms. The molecule has 90 valence electrons. The lowest BCUT2D eigenvalue weighted by Crippen LogP contribution is -2.37. The summed E-state index contributed by atoms with van der Waals surface area (Å²) in [5, 5.41) is 0. The number of hydrogen-bond donors (Lipinski definition) is 2. The zero-order valence-electron chi connectivity index (χ0n) is 9.54. The molecule has 0 saturated carbocycles.